The fraction of sp³-hybridized carbons (Fsp3) is 0.167. The van der Waals surface area contributed by atoms with Gasteiger partial charge in [0.2, 0.25) is 0 Å². The maximum atomic E-state index is 12.9. The minimum Gasteiger partial charge on any atom is -0.494 e. The van der Waals surface area contributed by atoms with Crippen LogP contribution in [0.5, 0.6) is 5.75 Å². The van der Waals surface area contributed by atoms with Crippen molar-refractivity contribution in [3.05, 3.63) is 87.9 Å². The fourth-order valence-corrected chi connectivity index (χ4v) is 4.54. The van der Waals surface area contributed by atoms with Crippen LogP contribution < -0.4 is 9.46 Å². The summed E-state index contributed by atoms with van der Waals surface area (Å²) in [4.78, 5) is 24.6. The maximum Gasteiger partial charge on any atom is 0.338 e. The predicted octanol–water partition coefficient (Wildman–Crippen LogP) is 5.00. The summed E-state index contributed by atoms with van der Waals surface area (Å²) in [6.07, 6.45) is 0. The lowest BCUT2D eigenvalue weighted by Gasteiger charge is -2.12. The van der Waals surface area contributed by atoms with Crippen LogP contribution in [0.15, 0.2) is 76.1 Å². The van der Waals surface area contributed by atoms with Crippen molar-refractivity contribution in [1.82, 2.24) is 0 Å². The van der Waals surface area contributed by atoms with Crippen molar-refractivity contribution in [2.45, 2.75) is 18.7 Å². The molecule has 7 nitrogen and oxygen atoms in total. The number of esters is 1. The summed E-state index contributed by atoms with van der Waals surface area (Å²) in [5.74, 6) is -0.537. The van der Waals surface area contributed by atoms with E-state index >= 15 is 0 Å². The Bertz CT molecular complexity index is 1260. The molecule has 0 bridgehead atoms. The first-order valence-corrected chi connectivity index (χ1v) is 12.3. The number of nitrogens with one attached hydrogen (secondary N) is 1. The van der Waals surface area contributed by atoms with E-state index in [2.05, 4.69) is 20.7 Å². The Morgan fingerprint density at radius 1 is 0.939 bits per heavy atom. The number of sulfonamides is 1. The quantitative estimate of drug-likeness (QED) is 0.308. The van der Waals surface area contributed by atoms with Gasteiger partial charge in [-0.05, 0) is 67.9 Å². The molecule has 0 aliphatic carbocycles. The summed E-state index contributed by atoms with van der Waals surface area (Å²) < 4.78 is 39.6. The number of anilines is 1. The molecule has 0 fully saturated rings. The largest absolute Gasteiger partial charge is 0.494 e. The van der Waals surface area contributed by atoms with Crippen LogP contribution >= 0.6 is 15.9 Å². The van der Waals surface area contributed by atoms with E-state index in [1.54, 1.807) is 55.5 Å². The number of hydrogen-bond donors (Lipinski definition) is 1. The molecule has 0 saturated heterocycles. The molecule has 3 aromatic carbocycles. The van der Waals surface area contributed by atoms with E-state index in [0.717, 1.165) is 4.47 Å². The Kier molecular flexibility index (Phi) is 7.88. The zero-order chi connectivity index (χ0) is 24.0. The summed E-state index contributed by atoms with van der Waals surface area (Å²) >= 11 is 3.29. The second kappa shape index (κ2) is 10.6. The van der Waals surface area contributed by atoms with Crippen molar-refractivity contribution in [1.29, 1.82) is 0 Å². The van der Waals surface area contributed by atoms with Gasteiger partial charge < -0.3 is 9.47 Å². The van der Waals surface area contributed by atoms with Gasteiger partial charge in [-0.3, -0.25) is 9.52 Å². The summed E-state index contributed by atoms with van der Waals surface area (Å²) in [5, 5.41) is 0. The normalized spacial score (nSPS) is 11.0. The molecule has 0 radical (unpaired) electrons. The highest BCUT2D eigenvalue weighted by atomic mass is 79.9. The van der Waals surface area contributed by atoms with Gasteiger partial charge in [-0.2, -0.15) is 0 Å². The number of carbonyl (C=O) groups is 2. The molecule has 3 rings (SSSR count). The van der Waals surface area contributed by atoms with E-state index in [1.807, 2.05) is 6.92 Å². The number of carbonyl (C=O) groups excluding carboxylic acids is 2. The van der Waals surface area contributed by atoms with Crippen LogP contribution in [0.1, 0.15) is 33.2 Å². The maximum absolute atomic E-state index is 12.9. The summed E-state index contributed by atoms with van der Waals surface area (Å²) in [5.41, 5.74) is 1.23. The average molecular weight is 532 g/mol. The van der Waals surface area contributed by atoms with Crippen LogP contribution in [0, 0.1) is 6.92 Å². The van der Waals surface area contributed by atoms with Gasteiger partial charge in [0.05, 0.1) is 17.1 Å². The van der Waals surface area contributed by atoms with Crippen molar-refractivity contribution in [2.24, 2.45) is 0 Å². The topological polar surface area (TPSA) is 98.8 Å². The number of Topliss-reactive ketones (excluding diaryl/α,β-unsaturated/α-hetero) is 1. The lowest BCUT2D eigenvalue weighted by molar-refractivity contribution is 0.0474. The number of ether oxygens (including phenoxy) is 2. The van der Waals surface area contributed by atoms with Gasteiger partial charge in [-0.15, -0.1) is 0 Å². The standard InChI is InChI=1S/C24H22BrNO6S/c1-3-31-21-12-10-20(11-13-21)26-33(29,30)23-14-18(5-4-16(23)2)24(28)32-15-22(27)17-6-8-19(25)9-7-17/h4-14,26H,3,15H2,1-2H3. The van der Waals surface area contributed by atoms with Crippen LogP contribution in [-0.2, 0) is 14.8 Å². The van der Waals surface area contributed by atoms with Crippen LogP contribution in [0.4, 0.5) is 5.69 Å². The Balaban J connectivity index is 1.72. The monoisotopic (exact) mass is 531 g/mol. The molecule has 0 saturated carbocycles. The SMILES string of the molecule is CCOc1ccc(NS(=O)(=O)c2cc(C(=O)OCC(=O)c3ccc(Br)cc3)ccc2C)cc1. The third-order valence-corrected chi connectivity index (χ3v) is 6.68. The Labute approximate surface area is 200 Å². The molecule has 3 aromatic rings. The Morgan fingerprint density at radius 2 is 1.58 bits per heavy atom. The van der Waals surface area contributed by atoms with Gasteiger partial charge in [0.1, 0.15) is 5.75 Å². The molecular formula is C24H22BrNO6S. The molecule has 0 aliphatic heterocycles. The minimum atomic E-state index is -3.97. The smallest absolute Gasteiger partial charge is 0.338 e. The lowest BCUT2D eigenvalue weighted by atomic mass is 10.1. The summed E-state index contributed by atoms with van der Waals surface area (Å²) in [6, 6.07) is 17.3. The zero-order valence-corrected chi connectivity index (χ0v) is 20.4. The highest BCUT2D eigenvalue weighted by Gasteiger charge is 2.20. The number of ketones is 1. The van der Waals surface area contributed by atoms with Gasteiger partial charge in [0.25, 0.3) is 10.0 Å². The minimum absolute atomic E-state index is 0.0243. The van der Waals surface area contributed by atoms with E-state index in [4.69, 9.17) is 9.47 Å². The van der Waals surface area contributed by atoms with Crippen LogP contribution in [0.3, 0.4) is 0 Å². The van der Waals surface area contributed by atoms with Crippen molar-refractivity contribution in [3.8, 4) is 5.75 Å². The Morgan fingerprint density at radius 3 is 2.21 bits per heavy atom. The third-order valence-electron chi connectivity index (χ3n) is 4.63. The average Bonchev–Trinajstić information content (AvgIpc) is 2.79. The highest BCUT2D eigenvalue weighted by Crippen LogP contribution is 2.23. The van der Waals surface area contributed by atoms with E-state index in [1.165, 1.54) is 18.2 Å². The number of rotatable bonds is 9. The van der Waals surface area contributed by atoms with Gasteiger partial charge in [-0.1, -0.05) is 34.1 Å². The van der Waals surface area contributed by atoms with Gasteiger partial charge in [0.15, 0.2) is 12.4 Å². The molecule has 0 amide bonds. The molecule has 0 heterocycles. The molecule has 0 spiro atoms. The third kappa shape index (κ3) is 6.43. The van der Waals surface area contributed by atoms with Crippen molar-refractivity contribution >= 4 is 43.4 Å². The second-order valence-electron chi connectivity index (χ2n) is 7.05. The highest BCUT2D eigenvalue weighted by molar-refractivity contribution is 9.10. The lowest BCUT2D eigenvalue weighted by Crippen LogP contribution is -2.17. The molecule has 0 atom stereocenters. The molecule has 1 N–H and O–H groups in total. The molecule has 33 heavy (non-hydrogen) atoms. The first-order valence-electron chi connectivity index (χ1n) is 10.0. The summed E-state index contributed by atoms with van der Waals surface area (Å²) in [7, 11) is -3.97. The van der Waals surface area contributed by atoms with E-state index in [-0.39, 0.29) is 16.2 Å². The zero-order valence-electron chi connectivity index (χ0n) is 18.0. The van der Waals surface area contributed by atoms with Crippen molar-refractivity contribution in [3.63, 3.8) is 0 Å². The second-order valence-corrected chi connectivity index (χ2v) is 9.62. The van der Waals surface area contributed by atoms with Gasteiger partial charge in [-0.25, -0.2) is 13.2 Å². The predicted molar refractivity (Wildman–Crippen MR) is 128 cm³/mol. The number of hydrogen-bond acceptors (Lipinski definition) is 6. The Hall–Kier alpha value is -3.17. The summed E-state index contributed by atoms with van der Waals surface area (Å²) in [6.45, 7) is 3.52. The van der Waals surface area contributed by atoms with E-state index in [0.29, 0.717) is 29.2 Å². The van der Waals surface area contributed by atoms with Crippen molar-refractivity contribution < 1.29 is 27.5 Å². The fourth-order valence-electron chi connectivity index (χ4n) is 2.95. The molecular weight excluding hydrogens is 510 g/mol. The molecule has 172 valence electrons. The molecule has 0 aromatic heterocycles. The molecule has 0 aliphatic rings. The van der Waals surface area contributed by atoms with Crippen LogP contribution in [0.25, 0.3) is 0 Å². The van der Waals surface area contributed by atoms with Crippen LogP contribution in [0.2, 0.25) is 0 Å². The number of benzene rings is 3. The first-order chi connectivity index (χ1) is 15.7. The first kappa shape index (κ1) is 24.5. The molecule has 0 unspecified atom stereocenters. The van der Waals surface area contributed by atoms with Gasteiger partial charge in [0, 0.05) is 15.7 Å². The molecule has 9 heteroatoms. The number of halogens is 1. The van der Waals surface area contributed by atoms with E-state index < -0.39 is 22.6 Å². The van der Waals surface area contributed by atoms with E-state index in [9.17, 15) is 18.0 Å². The van der Waals surface area contributed by atoms with Gasteiger partial charge >= 0.3 is 5.97 Å². The van der Waals surface area contributed by atoms with Crippen molar-refractivity contribution in [2.75, 3.05) is 17.9 Å². The number of aryl methyl sites for hydroxylation is 1. The van der Waals surface area contributed by atoms with Crippen LogP contribution in [-0.4, -0.2) is 33.4 Å².